The van der Waals surface area contributed by atoms with Crippen molar-refractivity contribution in [2.45, 2.75) is 40.0 Å². The number of nitrogens with one attached hydrogen (secondary N) is 1. The zero-order chi connectivity index (χ0) is 21.1. The molecule has 5 nitrogen and oxygen atoms in total. The van der Waals surface area contributed by atoms with Crippen LogP contribution in [0.3, 0.4) is 0 Å². The van der Waals surface area contributed by atoms with E-state index in [0.717, 1.165) is 36.3 Å². The van der Waals surface area contributed by atoms with Crippen LogP contribution < -0.4 is 11.3 Å². The first kappa shape index (κ1) is 22.4. The molecular formula is C24H31N5. The predicted molar refractivity (Wildman–Crippen MR) is 119 cm³/mol. The summed E-state index contributed by atoms with van der Waals surface area (Å²) in [5.74, 6) is 4.60. The smallest absolute Gasteiger partial charge is 0.0473 e. The van der Waals surface area contributed by atoms with Gasteiger partial charge in [0.25, 0.3) is 0 Å². The van der Waals surface area contributed by atoms with E-state index in [1.807, 2.05) is 36.8 Å². The number of rotatable bonds is 6. The van der Waals surface area contributed by atoms with Gasteiger partial charge >= 0.3 is 0 Å². The highest BCUT2D eigenvalue weighted by Crippen LogP contribution is 2.17. The van der Waals surface area contributed by atoms with Crippen LogP contribution in [0.2, 0.25) is 0 Å². The second kappa shape index (κ2) is 11.8. The first-order valence-corrected chi connectivity index (χ1v) is 9.81. The number of hydrazine groups is 1. The molecule has 0 saturated carbocycles. The molecule has 0 amide bonds. The summed E-state index contributed by atoms with van der Waals surface area (Å²) in [6.07, 6.45) is 10.4. The van der Waals surface area contributed by atoms with Crippen LogP contribution in [0, 0.1) is 20.8 Å². The molecule has 0 aliphatic heterocycles. The van der Waals surface area contributed by atoms with E-state index < -0.39 is 0 Å². The van der Waals surface area contributed by atoms with Gasteiger partial charge in [-0.2, -0.15) is 0 Å². The fraction of sp³-hybridized carbons (Fsp3) is 0.292. The third kappa shape index (κ3) is 7.22. The summed E-state index contributed by atoms with van der Waals surface area (Å²) < 4.78 is 0. The summed E-state index contributed by atoms with van der Waals surface area (Å²) in [6, 6.07) is 12.3. The summed E-state index contributed by atoms with van der Waals surface area (Å²) in [5.41, 5.74) is 10.6. The largest absolute Gasteiger partial charge is 0.272 e. The number of allylic oxidation sites excluding steroid dienone is 2. The molecule has 3 N–H and O–H groups in total. The topological polar surface area (TPSA) is 76.7 Å². The molecule has 0 bridgehead atoms. The van der Waals surface area contributed by atoms with Crippen LogP contribution in [-0.4, -0.2) is 22.0 Å². The van der Waals surface area contributed by atoms with Gasteiger partial charge in [-0.1, -0.05) is 29.8 Å². The van der Waals surface area contributed by atoms with Gasteiger partial charge in [-0.3, -0.25) is 26.2 Å². The van der Waals surface area contributed by atoms with Crippen molar-refractivity contribution in [3.05, 3.63) is 100 Å². The monoisotopic (exact) mass is 389 g/mol. The average molecular weight is 390 g/mol. The lowest BCUT2D eigenvalue weighted by atomic mass is 9.98. The highest BCUT2D eigenvalue weighted by molar-refractivity contribution is 5.30. The fourth-order valence-corrected chi connectivity index (χ4v) is 3.02. The van der Waals surface area contributed by atoms with Crippen molar-refractivity contribution in [1.82, 2.24) is 20.4 Å². The van der Waals surface area contributed by atoms with Crippen molar-refractivity contribution in [1.29, 1.82) is 0 Å². The van der Waals surface area contributed by atoms with Crippen LogP contribution in [-0.2, 0) is 19.3 Å². The fourth-order valence-electron chi connectivity index (χ4n) is 3.02. The standard InChI is InChI=1S/C23H25N3.CH6N2/c1-17-7-4-12-24-21(17)11-10-20(15-22-18(2)8-5-13-25-22)16-23-19(3)9-6-14-26-23;1-3-2/h4-10,12-14H,11,15-16H2,1-3H3;3H,2H2,1H3. The minimum absolute atomic E-state index is 0.833. The van der Waals surface area contributed by atoms with Gasteiger partial charge in [0, 0.05) is 54.9 Å². The number of nitrogens with two attached hydrogens (primary N) is 1. The molecule has 0 radical (unpaired) electrons. The lowest BCUT2D eigenvalue weighted by Crippen LogP contribution is -2.13. The maximum atomic E-state index is 4.60. The van der Waals surface area contributed by atoms with Crippen LogP contribution >= 0.6 is 0 Å². The maximum absolute atomic E-state index is 4.60. The highest BCUT2D eigenvalue weighted by atomic mass is 15.2. The lowest BCUT2D eigenvalue weighted by Gasteiger charge is -2.11. The van der Waals surface area contributed by atoms with E-state index in [9.17, 15) is 0 Å². The summed E-state index contributed by atoms with van der Waals surface area (Å²) in [7, 11) is 1.65. The van der Waals surface area contributed by atoms with Gasteiger partial charge in [-0.15, -0.1) is 0 Å². The molecule has 29 heavy (non-hydrogen) atoms. The van der Waals surface area contributed by atoms with Crippen LogP contribution in [0.25, 0.3) is 0 Å². The maximum Gasteiger partial charge on any atom is 0.0473 e. The molecule has 3 heterocycles. The second-order valence-corrected chi connectivity index (χ2v) is 7.01. The summed E-state index contributed by atoms with van der Waals surface area (Å²) in [6.45, 7) is 6.35. The zero-order valence-electron chi connectivity index (χ0n) is 17.8. The third-order valence-corrected chi connectivity index (χ3v) is 4.73. The van der Waals surface area contributed by atoms with Crippen molar-refractivity contribution in [2.75, 3.05) is 7.05 Å². The normalized spacial score (nSPS) is 10.1. The van der Waals surface area contributed by atoms with Gasteiger partial charge in [-0.25, -0.2) is 0 Å². The summed E-state index contributed by atoms with van der Waals surface area (Å²) >= 11 is 0. The lowest BCUT2D eigenvalue weighted by molar-refractivity contribution is 0.900. The minimum Gasteiger partial charge on any atom is -0.272 e. The van der Waals surface area contributed by atoms with Crippen LogP contribution in [0.4, 0.5) is 0 Å². The van der Waals surface area contributed by atoms with E-state index in [0.29, 0.717) is 0 Å². The van der Waals surface area contributed by atoms with Crippen molar-refractivity contribution in [3.8, 4) is 0 Å². The average Bonchev–Trinajstić information content (AvgIpc) is 2.71. The number of nitrogens with zero attached hydrogens (tertiary/aromatic N) is 3. The minimum atomic E-state index is 0.833. The molecule has 0 aromatic carbocycles. The molecule has 3 rings (SSSR count). The molecule has 5 heteroatoms. The molecule has 0 atom stereocenters. The van der Waals surface area contributed by atoms with Crippen molar-refractivity contribution >= 4 is 0 Å². The van der Waals surface area contributed by atoms with Gasteiger partial charge in [0.05, 0.1) is 0 Å². The van der Waals surface area contributed by atoms with E-state index >= 15 is 0 Å². The van der Waals surface area contributed by atoms with E-state index in [-0.39, 0.29) is 0 Å². The Labute approximate surface area is 174 Å². The third-order valence-electron chi connectivity index (χ3n) is 4.73. The molecular weight excluding hydrogens is 358 g/mol. The Morgan fingerprint density at radius 3 is 1.55 bits per heavy atom. The van der Waals surface area contributed by atoms with Crippen LogP contribution in [0.15, 0.2) is 66.6 Å². The molecule has 0 unspecified atom stereocenters. The quantitative estimate of drug-likeness (QED) is 0.381. The number of hydrogen-bond acceptors (Lipinski definition) is 5. The molecule has 0 fully saturated rings. The van der Waals surface area contributed by atoms with Gasteiger partial charge in [0.2, 0.25) is 0 Å². The number of aryl methyl sites for hydroxylation is 3. The first-order chi connectivity index (χ1) is 14.0. The second-order valence-electron chi connectivity index (χ2n) is 7.01. The highest BCUT2D eigenvalue weighted by Gasteiger charge is 2.08. The Bertz CT molecular complexity index is 884. The Morgan fingerprint density at radius 2 is 1.17 bits per heavy atom. The van der Waals surface area contributed by atoms with Crippen molar-refractivity contribution in [3.63, 3.8) is 0 Å². The van der Waals surface area contributed by atoms with E-state index in [4.69, 9.17) is 0 Å². The van der Waals surface area contributed by atoms with Crippen molar-refractivity contribution in [2.24, 2.45) is 5.84 Å². The molecule has 152 valence electrons. The number of aromatic nitrogens is 3. The summed E-state index contributed by atoms with van der Waals surface area (Å²) in [5, 5.41) is 0. The zero-order valence-corrected chi connectivity index (χ0v) is 17.8. The van der Waals surface area contributed by atoms with Gasteiger partial charge < -0.3 is 0 Å². The van der Waals surface area contributed by atoms with E-state index in [1.54, 1.807) is 7.05 Å². The number of pyridine rings is 3. The Kier molecular flexibility index (Phi) is 9.15. The van der Waals surface area contributed by atoms with Crippen molar-refractivity contribution < 1.29 is 0 Å². The van der Waals surface area contributed by atoms with Crippen LogP contribution in [0.5, 0.6) is 0 Å². The SMILES string of the molecule is CNN.Cc1cccnc1CC=C(Cc1ncccc1C)Cc1ncccc1C. The molecule has 3 aromatic heterocycles. The number of hydrogen-bond donors (Lipinski definition) is 2. The Hall–Kier alpha value is -2.89. The predicted octanol–water partition coefficient (Wildman–Crippen LogP) is 3.83. The molecule has 0 aliphatic rings. The van der Waals surface area contributed by atoms with Crippen LogP contribution in [0.1, 0.15) is 33.8 Å². The molecule has 0 saturated heterocycles. The van der Waals surface area contributed by atoms with E-state index in [1.165, 1.54) is 22.3 Å². The summed E-state index contributed by atoms with van der Waals surface area (Å²) in [4.78, 5) is 13.7. The molecule has 0 spiro atoms. The van der Waals surface area contributed by atoms with E-state index in [2.05, 4.69) is 71.3 Å². The Balaban J connectivity index is 0.000000941. The Morgan fingerprint density at radius 1 is 0.793 bits per heavy atom. The molecule has 0 aliphatic carbocycles. The van der Waals surface area contributed by atoms with Gasteiger partial charge in [0.15, 0.2) is 0 Å². The molecule has 3 aromatic rings. The first-order valence-electron chi connectivity index (χ1n) is 9.81. The van der Waals surface area contributed by atoms with Gasteiger partial charge in [0.1, 0.15) is 0 Å². The van der Waals surface area contributed by atoms with Gasteiger partial charge in [-0.05, 0) is 62.7 Å².